The molecule has 1 N–H and O–H groups in total. The van der Waals surface area contributed by atoms with Crippen LogP contribution in [0.25, 0.3) is 123 Å². The van der Waals surface area contributed by atoms with E-state index in [1.807, 2.05) is 243 Å². The maximum Gasteiger partial charge on any atom is 0.155 e. The van der Waals surface area contributed by atoms with E-state index in [2.05, 4.69) is 249 Å². The number of pyridine rings is 7. The number of hydrogen-bond donors (Lipinski definition) is 1. The number of carbonyl (C=O) groups is 1. The van der Waals surface area contributed by atoms with E-state index in [-0.39, 0.29) is 92.0 Å². The molecule has 0 saturated carbocycles. The minimum Gasteiger partial charge on any atom is -0.512 e. The van der Waals surface area contributed by atoms with E-state index in [0.29, 0.717) is 5.92 Å². The van der Waals surface area contributed by atoms with Gasteiger partial charge in [-0.3, -0.25) is 9.78 Å². The Kier molecular flexibility index (Phi) is 43.6. The molecule has 7 aromatic heterocycles. The fourth-order valence-corrected chi connectivity index (χ4v) is 13.4. The van der Waals surface area contributed by atoms with Crippen LogP contribution in [0.15, 0.2) is 395 Å². The smallest absolute Gasteiger partial charge is 0.155 e. The maximum absolute atomic E-state index is 10.0. The first-order valence-corrected chi connectivity index (χ1v) is 40.9. The van der Waals surface area contributed by atoms with Gasteiger partial charge in [-0.15, -0.1) is 250 Å². The van der Waals surface area contributed by atoms with Crippen LogP contribution in [0.3, 0.4) is 0 Å². The quantitative estimate of drug-likeness (QED) is 0.0682. The molecule has 18 rings (SSSR count). The van der Waals surface area contributed by atoms with Gasteiger partial charge in [-0.1, -0.05) is 196 Å². The van der Waals surface area contributed by atoms with Gasteiger partial charge in [0.05, 0.1) is 11.3 Å². The number of carbonyl (C=O) groups excluding carboxylic acids is 1. The number of aromatic nitrogens is 7. The van der Waals surface area contributed by atoms with Crippen molar-refractivity contribution in [2.75, 3.05) is 0 Å². The van der Waals surface area contributed by atoms with Crippen molar-refractivity contribution in [3.8, 4) is 112 Å². The monoisotopic (exact) mass is 2370 g/mol. The van der Waals surface area contributed by atoms with Crippen molar-refractivity contribution < 1.29 is 90.3 Å². The fraction of sp³-hybridized carbons (Fsp3) is 0.105. The van der Waals surface area contributed by atoms with Crippen molar-refractivity contribution in [3.63, 3.8) is 0 Å². The van der Waals surface area contributed by atoms with Crippen molar-refractivity contribution in [1.29, 1.82) is 0 Å². The summed E-state index contributed by atoms with van der Waals surface area (Å²) in [6.07, 6.45) is 13.2. The van der Waals surface area contributed by atoms with Gasteiger partial charge in [0, 0.05) is 129 Å². The molecule has 4 radical (unpaired) electrons. The average molecular weight is 2370 g/mol. The van der Waals surface area contributed by atoms with E-state index in [0.717, 1.165) is 96.3 Å². The number of aryl methyl sites for hydroxylation is 6. The van der Waals surface area contributed by atoms with Crippen LogP contribution in [0.5, 0.6) is 0 Å². The first-order valence-electron chi connectivity index (χ1n) is 40.9. The summed E-state index contributed by atoms with van der Waals surface area (Å²) in [5.74, 6) is 0.588. The minimum absolute atomic E-state index is 0. The van der Waals surface area contributed by atoms with Crippen LogP contribution in [0, 0.1) is 89.9 Å². The van der Waals surface area contributed by atoms with Crippen molar-refractivity contribution in [2.24, 2.45) is 5.92 Å². The summed E-state index contributed by atoms with van der Waals surface area (Å²) in [6, 6.07) is 138. The second kappa shape index (κ2) is 54.4. The van der Waals surface area contributed by atoms with E-state index in [4.69, 9.17) is 10.1 Å². The van der Waals surface area contributed by atoms with Crippen LogP contribution < -0.4 is 0 Å². The SMILES string of the molecule is CC(=O)C=C(C)O.Cc1[c-]c(-c2ccc3c(CC(C)C)cccc3n2)cc(C)c1.Cc1cc(C)cc(-c2ccnc(-c3[c-]cccc3)c2)c1.Cc1cc(C)cc(-c2ccnc(-c3[c-]cccc3)c2)c1.[Ir].[Ir].[Ir].[Ir].[c-]1ccccc1-c1cc(-c2ccccc2)ccn1.[c-]1ccccc1-c1ccccn1.[c-]1ccccc1-c1ccccn1.[c-]1ccccc1-c1ccccn1. The minimum atomic E-state index is -0.125. The van der Waals surface area contributed by atoms with Crippen LogP contribution in [0.1, 0.15) is 66.6 Å². The molecule has 11 aromatic carbocycles. The predicted octanol–water partition coefficient (Wildman–Crippen LogP) is 28.1. The van der Waals surface area contributed by atoms with E-state index in [1.54, 1.807) is 18.6 Å². The Balaban J connectivity index is 0.000000202. The van der Waals surface area contributed by atoms with Gasteiger partial charge >= 0.3 is 0 Å². The number of hydrogen-bond acceptors (Lipinski definition) is 9. The first kappa shape index (κ1) is 102. The molecule has 0 saturated heterocycles. The largest absolute Gasteiger partial charge is 0.512 e. The summed E-state index contributed by atoms with van der Waals surface area (Å²) < 4.78 is 0. The summed E-state index contributed by atoms with van der Waals surface area (Å²) in [5.41, 5.74) is 31.3. The van der Waals surface area contributed by atoms with Gasteiger partial charge in [-0.2, -0.15) is 0 Å². The molecule has 0 atom stereocenters. The molecule has 0 fully saturated rings. The van der Waals surface area contributed by atoms with E-state index < -0.39 is 0 Å². The van der Waals surface area contributed by atoms with Gasteiger partial charge in [0.1, 0.15) is 0 Å². The molecule has 644 valence electrons. The van der Waals surface area contributed by atoms with Gasteiger partial charge < -0.3 is 35.0 Å². The maximum atomic E-state index is 10.0. The van der Waals surface area contributed by atoms with Gasteiger partial charge in [0.15, 0.2) is 5.78 Å². The molecule has 0 unspecified atom stereocenters. The Morgan fingerprint density at radius 1 is 0.307 bits per heavy atom. The van der Waals surface area contributed by atoms with Crippen LogP contribution in [-0.4, -0.2) is 45.8 Å². The summed E-state index contributed by atoms with van der Waals surface area (Å²) >= 11 is 0. The fourth-order valence-electron chi connectivity index (χ4n) is 13.4. The first-order chi connectivity index (χ1) is 59.9. The number of fused-ring (bicyclic) bond motifs is 1. The summed E-state index contributed by atoms with van der Waals surface area (Å²) in [4.78, 5) is 40.8. The zero-order valence-corrected chi connectivity index (χ0v) is 82.1. The number of benzene rings is 11. The summed E-state index contributed by atoms with van der Waals surface area (Å²) in [6.45, 7) is 20.1. The molecule has 0 aliphatic heterocycles. The molecule has 13 heteroatoms. The van der Waals surface area contributed by atoms with Crippen molar-refractivity contribution in [2.45, 2.75) is 75.7 Å². The molecule has 9 nitrogen and oxygen atoms in total. The Labute approximate surface area is 804 Å². The zero-order chi connectivity index (χ0) is 86.3. The summed E-state index contributed by atoms with van der Waals surface area (Å²) in [7, 11) is 0. The molecule has 0 spiro atoms. The van der Waals surface area contributed by atoms with E-state index in [9.17, 15) is 4.79 Å². The Hall–Kier alpha value is -12.5. The van der Waals surface area contributed by atoms with Crippen molar-refractivity contribution in [1.82, 2.24) is 34.9 Å². The molecule has 0 bridgehead atoms. The van der Waals surface area contributed by atoms with Gasteiger partial charge in [-0.25, -0.2) is 0 Å². The molecule has 18 aromatic rings. The van der Waals surface area contributed by atoms with Crippen LogP contribution in [0.4, 0.5) is 0 Å². The zero-order valence-electron chi connectivity index (χ0n) is 72.6. The van der Waals surface area contributed by atoms with Gasteiger partial charge in [-0.05, 0) is 175 Å². The molecule has 7 heterocycles. The normalized spacial score (nSPS) is 10.1. The Morgan fingerprint density at radius 3 is 0.961 bits per heavy atom. The third-order valence-electron chi connectivity index (χ3n) is 18.7. The molecular weight excluding hydrogens is 2270 g/mol. The molecule has 0 aliphatic carbocycles. The van der Waals surface area contributed by atoms with Crippen molar-refractivity contribution in [3.05, 3.63) is 476 Å². The standard InChI is InChI=1S/C21H22N.2C19H16N.C17H12N.3C11H8N.C5H8O2.4Ir/c1-14(2)10-17-6-5-7-21-19(17)8-9-20(22-21)18-12-15(3)11-16(4)13-18;2*1-14-10-15(2)12-18(11-14)17-8-9-20-19(13-17)16-6-4-3-5-7-16;1-3-7-14(8-4-1)16-11-12-18-17(13-16)15-9-5-2-6-10-15;3*1-2-6-10(7-3-1)11-8-4-5-9-12-11;1-4(6)3-5(2)7;;;;/h5-9,11-12,14H,10H2,1-4H3;2*3-6,8-13H,1-2H3;1-9,11-13H;3*1-6,8-9H;3,6H,1-2H3;;;;/q7*-1;;;;;. The van der Waals surface area contributed by atoms with Gasteiger partial charge in [0.2, 0.25) is 0 Å². The van der Waals surface area contributed by atoms with Crippen LogP contribution in [0.2, 0.25) is 0 Å². The number of ketones is 1. The van der Waals surface area contributed by atoms with Crippen LogP contribution >= 0.6 is 0 Å². The van der Waals surface area contributed by atoms with Crippen LogP contribution in [-0.2, 0) is 91.6 Å². The predicted molar refractivity (Wildman–Crippen MR) is 507 cm³/mol. The molecule has 0 aliphatic rings. The van der Waals surface area contributed by atoms with Gasteiger partial charge in [0.25, 0.3) is 0 Å². The second-order valence-electron chi connectivity index (χ2n) is 29.6. The molecular formula is C114H98Ir4N7O2-7. The van der Waals surface area contributed by atoms with E-state index in [1.165, 1.54) is 92.1 Å². The molecule has 0 amide bonds. The number of aliphatic hydroxyl groups is 1. The number of aliphatic hydroxyl groups excluding tert-OH is 1. The number of rotatable bonds is 13. The summed E-state index contributed by atoms with van der Waals surface area (Å²) in [5, 5.41) is 9.63. The number of allylic oxidation sites excluding steroid dienone is 2. The average Bonchev–Trinajstić information content (AvgIpc) is 0.811. The van der Waals surface area contributed by atoms with Crippen molar-refractivity contribution >= 4 is 16.7 Å². The Bertz CT molecular complexity index is 5750. The Morgan fingerprint density at radius 2 is 0.646 bits per heavy atom. The second-order valence-corrected chi connectivity index (χ2v) is 29.6. The van der Waals surface area contributed by atoms with E-state index >= 15 is 0 Å². The third kappa shape index (κ3) is 33.8. The third-order valence-corrected chi connectivity index (χ3v) is 18.7. The number of nitrogens with zero attached hydrogens (tertiary/aromatic N) is 7. The molecule has 127 heavy (non-hydrogen) atoms. The topological polar surface area (TPSA) is 128 Å².